The van der Waals surface area contributed by atoms with Gasteiger partial charge in [-0.15, -0.1) is 0 Å². The fourth-order valence-corrected chi connectivity index (χ4v) is 2.07. The molecule has 0 aromatic heterocycles. The molecule has 2 rings (SSSR count). The van der Waals surface area contributed by atoms with Crippen molar-refractivity contribution in [3.8, 4) is 0 Å². The summed E-state index contributed by atoms with van der Waals surface area (Å²) in [5.74, 6) is 2.03. The number of hydrogen-bond acceptors (Lipinski definition) is 0. The van der Waals surface area contributed by atoms with Gasteiger partial charge in [0.2, 0.25) is 0 Å². The van der Waals surface area contributed by atoms with E-state index in [1.165, 1.54) is 18.1 Å². The molecule has 0 nitrogen and oxygen atoms in total. The first-order chi connectivity index (χ1) is 6.18. The number of halogens is 1. The summed E-state index contributed by atoms with van der Waals surface area (Å²) in [6.07, 6.45) is 1.24. The lowest BCUT2D eigenvalue weighted by molar-refractivity contribution is 0.547. The highest BCUT2D eigenvalue weighted by Crippen LogP contribution is 2.51. The van der Waals surface area contributed by atoms with Crippen LogP contribution in [0.4, 0.5) is 4.39 Å². The summed E-state index contributed by atoms with van der Waals surface area (Å²) in [6.45, 7) is 4.48. The van der Waals surface area contributed by atoms with Crippen LogP contribution in [0.25, 0.3) is 0 Å². The molecular weight excluding hydrogens is 163 g/mol. The molecule has 13 heavy (non-hydrogen) atoms. The molecule has 0 aliphatic heterocycles. The van der Waals surface area contributed by atoms with Gasteiger partial charge in [-0.05, 0) is 41.9 Å². The van der Waals surface area contributed by atoms with E-state index in [0.717, 1.165) is 11.8 Å². The predicted octanol–water partition coefficient (Wildman–Crippen LogP) is 3.59. The van der Waals surface area contributed by atoms with Gasteiger partial charge in [0.1, 0.15) is 5.82 Å². The van der Waals surface area contributed by atoms with Crippen LogP contribution in [0.15, 0.2) is 24.3 Å². The fraction of sp³-hybridized carbons (Fsp3) is 0.500. The van der Waals surface area contributed by atoms with Crippen molar-refractivity contribution in [3.05, 3.63) is 35.6 Å². The SMILES string of the molecule is CC(C)C1CC1c1cccc(F)c1. The first kappa shape index (κ1) is 8.74. The molecule has 1 aliphatic rings. The molecule has 1 aromatic rings. The molecule has 70 valence electrons. The maximum absolute atomic E-state index is 12.9. The van der Waals surface area contributed by atoms with Gasteiger partial charge >= 0.3 is 0 Å². The van der Waals surface area contributed by atoms with Gasteiger partial charge in [0.25, 0.3) is 0 Å². The van der Waals surface area contributed by atoms with Gasteiger partial charge in [0.15, 0.2) is 0 Å². The van der Waals surface area contributed by atoms with Crippen molar-refractivity contribution >= 4 is 0 Å². The van der Waals surface area contributed by atoms with Crippen LogP contribution in [0, 0.1) is 17.7 Å². The number of hydrogen-bond donors (Lipinski definition) is 0. The molecule has 1 fully saturated rings. The Morgan fingerprint density at radius 2 is 2.15 bits per heavy atom. The van der Waals surface area contributed by atoms with Crippen LogP contribution >= 0.6 is 0 Å². The van der Waals surface area contributed by atoms with E-state index in [-0.39, 0.29) is 5.82 Å². The first-order valence-electron chi connectivity index (χ1n) is 4.94. The molecule has 2 atom stereocenters. The molecule has 0 spiro atoms. The molecule has 1 aromatic carbocycles. The maximum Gasteiger partial charge on any atom is 0.123 e. The van der Waals surface area contributed by atoms with E-state index in [1.54, 1.807) is 12.1 Å². The van der Waals surface area contributed by atoms with Crippen LogP contribution < -0.4 is 0 Å². The molecule has 1 saturated carbocycles. The minimum atomic E-state index is -0.105. The van der Waals surface area contributed by atoms with Crippen molar-refractivity contribution in [1.82, 2.24) is 0 Å². The van der Waals surface area contributed by atoms with Gasteiger partial charge in [-0.1, -0.05) is 26.0 Å². The zero-order valence-electron chi connectivity index (χ0n) is 8.13. The summed E-state index contributed by atoms with van der Waals surface area (Å²) in [4.78, 5) is 0. The summed E-state index contributed by atoms with van der Waals surface area (Å²) in [5, 5.41) is 0. The lowest BCUT2D eigenvalue weighted by Gasteiger charge is -2.03. The Hall–Kier alpha value is -0.850. The Balaban J connectivity index is 2.12. The lowest BCUT2D eigenvalue weighted by atomic mass is 10.0. The molecule has 0 radical (unpaired) electrons. The molecule has 0 N–H and O–H groups in total. The van der Waals surface area contributed by atoms with Crippen molar-refractivity contribution in [1.29, 1.82) is 0 Å². The zero-order chi connectivity index (χ0) is 9.42. The maximum atomic E-state index is 12.9. The van der Waals surface area contributed by atoms with E-state index < -0.39 is 0 Å². The Morgan fingerprint density at radius 1 is 1.38 bits per heavy atom. The molecule has 1 aliphatic carbocycles. The van der Waals surface area contributed by atoms with Crippen LogP contribution in [0.1, 0.15) is 31.7 Å². The molecule has 1 heteroatoms. The Bertz CT molecular complexity index is 304. The second kappa shape index (κ2) is 3.13. The summed E-state index contributed by atoms with van der Waals surface area (Å²) in [6, 6.07) is 7.03. The average molecular weight is 178 g/mol. The van der Waals surface area contributed by atoms with E-state index in [4.69, 9.17) is 0 Å². The Kier molecular flexibility index (Phi) is 2.10. The Labute approximate surface area is 78.8 Å². The molecule has 0 saturated heterocycles. The highest BCUT2D eigenvalue weighted by Gasteiger charge is 2.40. The van der Waals surface area contributed by atoms with E-state index in [0.29, 0.717) is 5.92 Å². The standard InChI is InChI=1S/C12H15F/c1-8(2)11-7-12(11)9-4-3-5-10(13)6-9/h3-6,8,11-12H,7H2,1-2H3. The highest BCUT2D eigenvalue weighted by atomic mass is 19.1. The van der Waals surface area contributed by atoms with Crippen LogP contribution in [-0.4, -0.2) is 0 Å². The van der Waals surface area contributed by atoms with Crippen LogP contribution in [0.5, 0.6) is 0 Å². The van der Waals surface area contributed by atoms with Crippen molar-refractivity contribution in [2.75, 3.05) is 0 Å². The number of benzene rings is 1. The lowest BCUT2D eigenvalue weighted by Crippen LogP contribution is -1.92. The third kappa shape index (κ3) is 1.74. The quantitative estimate of drug-likeness (QED) is 0.649. The molecule has 0 heterocycles. The van der Waals surface area contributed by atoms with Gasteiger partial charge < -0.3 is 0 Å². The topological polar surface area (TPSA) is 0 Å². The second-order valence-corrected chi connectivity index (χ2v) is 4.31. The summed E-state index contributed by atoms with van der Waals surface area (Å²) in [5.41, 5.74) is 1.18. The summed E-state index contributed by atoms with van der Waals surface area (Å²) < 4.78 is 12.9. The largest absolute Gasteiger partial charge is 0.207 e. The van der Waals surface area contributed by atoms with E-state index >= 15 is 0 Å². The van der Waals surface area contributed by atoms with E-state index in [9.17, 15) is 4.39 Å². The summed E-state index contributed by atoms with van der Waals surface area (Å²) >= 11 is 0. The zero-order valence-corrected chi connectivity index (χ0v) is 8.13. The van der Waals surface area contributed by atoms with E-state index in [2.05, 4.69) is 13.8 Å². The third-order valence-corrected chi connectivity index (χ3v) is 2.97. The van der Waals surface area contributed by atoms with Crippen LogP contribution in [-0.2, 0) is 0 Å². The molecular formula is C12H15F. The second-order valence-electron chi connectivity index (χ2n) is 4.31. The van der Waals surface area contributed by atoms with Crippen molar-refractivity contribution in [3.63, 3.8) is 0 Å². The van der Waals surface area contributed by atoms with Gasteiger partial charge in [0.05, 0.1) is 0 Å². The smallest absolute Gasteiger partial charge is 0.123 e. The van der Waals surface area contributed by atoms with Gasteiger partial charge in [0, 0.05) is 0 Å². The Morgan fingerprint density at radius 3 is 2.69 bits per heavy atom. The third-order valence-electron chi connectivity index (χ3n) is 2.97. The van der Waals surface area contributed by atoms with Crippen molar-refractivity contribution < 1.29 is 4.39 Å². The van der Waals surface area contributed by atoms with Gasteiger partial charge in [-0.25, -0.2) is 4.39 Å². The predicted molar refractivity (Wildman–Crippen MR) is 52.1 cm³/mol. The fourth-order valence-electron chi connectivity index (χ4n) is 2.07. The summed E-state index contributed by atoms with van der Waals surface area (Å²) in [7, 11) is 0. The van der Waals surface area contributed by atoms with Gasteiger partial charge in [-0.2, -0.15) is 0 Å². The van der Waals surface area contributed by atoms with Crippen LogP contribution in [0.2, 0.25) is 0 Å². The van der Waals surface area contributed by atoms with Crippen LogP contribution in [0.3, 0.4) is 0 Å². The minimum absolute atomic E-state index is 0.105. The first-order valence-corrected chi connectivity index (χ1v) is 4.94. The highest BCUT2D eigenvalue weighted by molar-refractivity contribution is 5.26. The average Bonchev–Trinajstić information content (AvgIpc) is 2.82. The van der Waals surface area contributed by atoms with Crippen molar-refractivity contribution in [2.24, 2.45) is 11.8 Å². The normalized spacial score (nSPS) is 26.5. The molecule has 0 amide bonds. The van der Waals surface area contributed by atoms with Crippen molar-refractivity contribution in [2.45, 2.75) is 26.2 Å². The molecule has 0 bridgehead atoms. The van der Waals surface area contributed by atoms with Gasteiger partial charge in [-0.3, -0.25) is 0 Å². The monoisotopic (exact) mass is 178 g/mol. The minimum Gasteiger partial charge on any atom is -0.207 e. The number of rotatable bonds is 2. The van der Waals surface area contributed by atoms with E-state index in [1.807, 2.05) is 6.07 Å². The molecule has 2 unspecified atom stereocenters.